The van der Waals surface area contributed by atoms with Gasteiger partial charge in [0.1, 0.15) is 0 Å². The number of benzene rings is 2. The van der Waals surface area contributed by atoms with Gasteiger partial charge in [0.05, 0.1) is 17.3 Å². The second-order valence-corrected chi connectivity index (χ2v) is 6.35. The first-order valence-electron chi connectivity index (χ1n) is 5.20. The van der Waals surface area contributed by atoms with E-state index in [1.165, 1.54) is 19.8 Å². The molecule has 86 valence electrons. The maximum atomic E-state index is 6.00. The van der Waals surface area contributed by atoms with Crippen LogP contribution in [0, 0.1) is 3.57 Å². The van der Waals surface area contributed by atoms with Crippen LogP contribution in [-0.2, 0) is 0 Å². The largest absolute Gasteiger partial charge is 0.329 e. The molecular formula is C13H9ClINS. The molecule has 1 aliphatic heterocycles. The number of rotatable bonds is 1. The summed E-state index contributed by atoms with van der Waals surface area (Å²) in [6.07, 6.45) is 0. The first-order chi connectivity index (χ1) is 8.25. The van der Waals surface area contributed by atoms with Crippen molar-refractivity contribution >= 4 is 57.3 Å². The highest BCUT2D eigenvalue weighted by Crippen LogP contribution is 2.43. The third-order valence-corrected chi connectivity index (χ3v) is 4.85. The van der Waals surface area contributed by atoms with E-state index >= 15 is 0 Å². The number of para-hydroxylation sites is 1. The lowest BCUT2D eigenvalue weighted by molar-refractivity contribution is 1.17. The predicted octanol–water partition coefficient (Wildman–Crippen LogP) is 5.15. The zero-order chi connectivity index (χ0) is 11.8. The van der Waals surface area contributed by atoms with Crippen LogP contribution in [0.15, 0.2) is 47.4 Å². The molecule has 1 aliphatic rings. The van der Waals surface area contributed by atoms with Crippen LogP contribution in [0.4, 0.5) is 11.4 Å². The first-order valence-corrected chi connectivity index (χ1v) is 7.64. The van der Waals surface area contributed by atoms with Crippen LogP contribution in [0.2, 0.25) is 5.02 Å². The normalized spacial score (nSPS) is 13.9. The lowest BCUT2D eigenvalue weighted by Gasteiger charge is -2.20. The summed E-state index contributed by atoms with van der Waals surface area (Å²) in [6.45, 7) is 0. The summed E-state index contributed by atoms with van der Waals surface area (Å²) in [4.78, 5) is 3.68. The van der Waals surface area contributed by atoms with Gasteiger partial charge in [-0.3, -0.25) is 0 Å². The molecule has 4 heteroatoms. The number of hydrogen-bond acceptors (Lipinski definition) is 2. The van der Waals surface area contributed by atoms with Crippen molar-refractivity contribution in [3.05, 3.63) is 51.1 Å². The molecule has 0 spiro atoms. The number of hydrogen-bond donors (Lipinski definition) is 0. The molecule has 0 aliphatic carbocycles. The van der Waals surface area contributed by atoms with Gasteiger partial charge in [-0.05, 0) is 52.9 Å². The van der Waals surface area contributed by atoms with E-state index in [2.05, 4.69) is 57.8 Å². The molecule has 0 saturated carbocycles. The van der Waals surface area contributed by atoms with Crippen molar-refractivity contribution < 1.29 is 0 Å². The molecule has 2 aromatic rings. The maximum absolute atomic E-state index is 6.00. The highest BCUT2D eigenvalue weighted by atomic mass is 127. The average Bonchev–Trinajstić information content (AvgIpc) is 2.73. The lowest BCUT2D eigenvalue weighted by atomic mass is 10.2. The third kappa shape index (κ3) is 2.16. The fourth-order valence-corrected chi connectivity index (χ4v) is 4.12. The Hall–Kier alpha value is -0.390. The van der Waals surface area contributed by atoms with Gasteiger partial charge in [0, 0.05) is 13.5 Å². The van der Waals surface area contributed by atoms with E-state index in [0.29, 0.717) is 0 Å². The molecular weight excluding hydrogens is 365 g/mol. The summed E-state index contributed by atoms with van der Waals surface area (Å²) in [5.41, 5.74) is 2.52. The Bertz CT molecular complexity index is 573. The molecule has 0 radical (unpaired) electrons. The van der Waals surface area contributed by atoms with Gasteiger partial charge < -0.3 is 4.90 Å². The Morgan fingerprint density at radius 3 is 2.76 bits per heavy atom. The van der Waals surface area contributed by atoms with Gasteiger partial charge in [-0.2, -0.15) is 0 Å². The van der Waals surface area contributed by atoms with E-state index in [1.807, 2.05) is 23.9 Å². The van der Waals surface area contributed by atoms with E-state index < -0.39 is 0 Å². The molecule has 1 nitrogen and oxygen atoms in total. The van der Waals surface area contributed by atoms with Gasteiger partial charge in [0.25, 0.3) is 0 Å². The Kier molecular flexibility index (Phi) is 3.23. The molecule has 0 aromatic heterocycles. The van der Waals surface area contributed by atoms with Crippen LogP contribution in [0.25, 0.3) is 0 Å². The van der Waals surface area contributed by atoms with Crippen LogP contribution >= 0.6 is 46.0 Å². The monoisotopic (exact) mass is 373 g/mol. The zero-order valence-electron chi connectivity index (χ0n) is 8.86. The van der Waals surface area contributed by atoms with Crippen LogP contribution in [0.1, 0.15) is 0 Å². The van der Waals surface area contributed by atoms with Crippen molar-refractivity contribution in [2.24, 2.45) is 0 Å². The minimum Gasteiger partial charge on any atom is -0.329 e. The molecule has 0 amide bonds. The smallest absolute Gasteiger partial charge is 0.0736 e. The van der Waals surface area contributed by atoms with E-state index in [0.717, 1.165) is 10.9 Å². The fourth-order valence-electron chi connectivity index (χ4n) is 1.91. The van der Waals surface area contributed by atoms with Crippen molar-refractivity contribution in [3.63, 3.8) is 0 Å². The summed E-state index contributed by atoms with van der Waals surface area (Å²) in [7, 11) is 0. The second-order valence-electron chi connectivity index (χ2n) is 3.76. The summed E-state index contributed by atoms with van der Waals surface area (Å²) >= 11 is 10.2. The van der Waals surface area contributed by atoms with Gasteiger partial charge in [0.2, 0.25) is 0 Å². The molecule has 0 N–H and O–H groups in total. The maximum Gasteiger partial charge on any atom is 0.0736 e. The standard InChI is InChI=1S/C13H9ClINS/c14-9-5-6-11(10(15)7-9)16-8-17-13-4-2-1-3-12(13)16/h1-7H,8H2. The summed E-state index contributed by atoms with van der Waals surface area (Å²) in [6, 6.07) is 14.5. The fraction of sp³-hybridized carbons (Fsp3) is 0.0769. The van der Waals surface area contributed by atoms with Crippen LogP contribution in [0.3, 0.4) is 0 Å². The minimum atomic E-state index is 0.790. The minimum absolute atomic E-state index is 0.790. The number of thioether (sulfide) groups is 1. The van der Waals surface area contributed by atoms with Gasteiger partial charge in [-0.25, -0.2) is 0 Å². The number of fused-ring (bicyclic) bond motifs is 1. The van der Waals surface area contributed by atoms with Gasteiger partial charge in [-0.1, -0.05) is 23.7 Å². The van der Waals surface area contributed by atoms with E-state index in [4.69, 9.17) is 11.6 Å². The number of halogens is 2. The molecule has 3 rings (SSSR count). The van der Waals surface area contributed by atoms with E-state index in [-0.39, 0.29) is 0 Å². The predicted molar refractivity (Wildman–Crippen MR) is 83.5 cm³/mol. The molecule has 0 unspecified atom stereocenters. The molecule has 0 atom stereocenters. The average molecular weight is 374 g/mol. The number of anilines is 2. The summed E-state index contributed by atoms with van der Waals surface area (Å²) in [5.74, 6) is 0.969. The zero-order valence-corrected chi connectivity index (χ0v) is 12.6. The van der Waals surface area contributed by atoms with Crippen molar-refractivity contribution in [2.45, 2.75) is 4.90 Å². The highest BCUT2D eigenvalue weighted by molar-refractivity contribution is 14.1. The van der Waals surface area contributed by atoms with Crippen molar-refractivity contribution in [2.75, 3.05) is 10.8 Å². The summed E-state index contributed by atoms with van der Waals surface area (Å²) < 4.78 is 1.19. The molecule has 0 bridgehead atoms. The Labute approximate surface area is 123 Å². The van der Waals surface area contributed by atoms with Crippen LogP contribution in [-0.4, -0.2) is 5.88 Å². The molecule has 17 heavy (non-hydrogen) atoms. The lowest BCUT2D eigenvalue weighted by Crippen LogP contribution is -2.12. The quantitative estimate of drug-likeness (QED) is 0.636. The number of nitrogens with zero attached hydrogens (tertiary/aromatic N) is 1. The van der Waals surface area contributed by atoms with E-state index in [9.17, 15) is 0 Å². The van der Waals surface area contributed by atoms with Gasteiger partial charge >= 0.3 is 0 Å². The SMILES string of the molecule is Clc1ccc(N2CSc3ccccc32)c(I)c1. The van der Waals surface area contributed by atoms with E-state index in [1.54, 1.807) is 0 Å². The summed E-state index contributed by atoms with van der Waals surface area (Å²) in [5, 5.41) is 0.790. The Morgan fingerprint density at radius 2 is 1.94 bits per heavy atom. The molecule has 0 fully saturated rings. The highest BCUT2D eigenvalue weighted by Gasteiger charge is 2.21. The molecule has 0 saturated heterocycles. The molecule has 1 heterocycles. The Morgan fingerprint density at radius 1 is 1.12 bits per heavy atom. The van der Waals surface area contributed by atoms with Crippen LogP contribution in [0.5, 0.6) is 0 Å². The van der Waals surface area contributed by atoms with Crippen LogP contribution < -0.4 is 4.90 Å². The van der Waals surface area contributed by atoms with Gasteiger partial charge in [0.15, 0.2) is 0 Å². The Balaban J connectivity index is 2.07. The van der Waals surface area contributed by atoms with Crippen molar-refractivity contribution in [1.82, 2.24) is 0 Å². The van der Waals surface area contributed by atoms with Gasteiger partial charge in [-0.15, -0.1) is 11.8 Å². The van der Waals surface area contributed by atoms with Crippen molar-refractivity contribution in [1.29, 1.82) is 0 Å². The first kappa shape index (κ1) is 11.7. The third-order valence-electron chi connectivity index (χ3n) is 2.71. The molecule has 2 aromatic carbocycles. The topological polar surface area (TPSA) is 3.24 Å². The second kappa shape index (κ2) is 4.71. The van der Waals surface area contributed by atoms with Crippen molar-refractivity contribution in [3.8, 4) is 0 Å².